The Hall–Kier alpha value is -1.41. The van der Waals surface area contributed by atoms with Crippen LogP contribution in [0.1, 0.15) is 17.7 Å². The maximum atomic E-state index is 13.2. The summed E-state index contributed by atoms with van der Waals surface area (Å²) in [6.45, 7) is 2.36. The lowest BCUT2D eigenvalue weighted by molar-refractivity contribution is 0.146. The van der Waals surface area contributed by atoms with Crippen molar-refractivity contribution in [1.29, 1.82) is 0 Å². The van der Waals surface area contributed by atoms with Gasteiger partial charge in [-0.1, -0.05) is 0 Å². The Labute approximate surface area is 159 Å². The number of hydrogen-bond acceptors (Lipinski definition) is 6. The van der Waals surface area contributed by atoms with Gasteiger partial charge in [0.1, 0.15) is 16.8 Å². The Morgan fingerprint density at radius 1 is 1.32 bits per heavy atom. The van der Waals surface area contributed by atoms with Crippen LogP contribution >= 0.6 is 35.3 Å². The van der Waals surface area contributed by atoms with Crippen LogP contribution in [-0.2, 0) is 6.54 Å². The van der Waals surface area contributed by atoms with E-state index in [1.54, 1.807) is 23.5 Å². The second-order valence-electron chi connectivity index (χ2n) is 5.92. The maximum Gasteiger partial charge on any atom is 0.199 e. The summed E-state index contributed by atoms with van der Waals surface area (Å²) in [5.41, 5.74) is 6.08. The average molecular weight is 403 g/mol. The molecule has 3 aromatic rings. The second kappa shape index (κ2) is 7.45. The number of alkyl halides is 1. The van der Waals surface area contributed by atoms with Crippen molar-refractivity contribution in [3.8, 4) is 11.6 Å². The third-order valence-corrected chi connectivity index (χ3v) is 5.38. The molecule has 4 rings (SSSR count). The molecule has 25 heavy (non-hydrogen) atoms. The van der Waals surface area contributed by atoms with E-state index in [9.17, 15) is 4.39 Å². The van der Waals surface area contributed by atoms with Crippen LogP contribution in [0.25, 0.3) is 21.8 Å². The number of halogens is 3. The molecule has 0 bridgehead atoms. The number of likely N-dealkylation sites (tertiary alicyclic amines) is 1. The number of hydrogen-bond donors (Lipinski definition) is 1. The van der Waals surface area contributed by atoms with Gasteiger partial charge in [-0.2, -0.15) is 0 Å². The van der Waals surface area contributed by atoms with E-state index in [0.717, 1.165) is 34.7 Å². The summed E-state index contributed by atoms with van der Waals surface area (Å²) >= 11 is 7.39. The Bertz CT molecular complexity index is 876. The number of piperidine rings is 1. The number of fused-ring (bicyclic) bond motifs is 1. The summed E-state index contributed by atoms with van der Waals surface area (Å²) in [6.07, 6.45) is 0.555. The van der Waals surface area contributed by atoms with E-state index in [-0.39, 0.29) is 17.6 Å². The minimum absolute atomic E-state index is 0. The Balaban J connectivity index is 0.00000182. The number of aromatic nitrogens is 2. The van der Waals surface area contributed by atoms with Crippen molar-refractivity contribution in [3.05, 3.63) is 28.3 Å². The van der Waals surface area contributed by atoms with Gasteiger partial charge in [-0.05, 0) is 42.6 Å². The van der Waals surface area contributed by atoms with Crippen LogP contribution in [0.15, 0.2) is 22.6 Å². The Morgan fingerprint density at radius 2 is 2.08 bits per heavy atom. The van der Waals surface area contributed by atoms with E-state index < -0.39 is 6.17 Å². The van der Waals surface area contributed by atoms with Crippen molar-refractivity contribution in [2.24, 2.45) is 0 Å². The van der Waals surface area contributed by atoms with E-state index in [0.29, 0.717) is 30.2 Å². The summed E-state index contributed by atoms with van der Waals surface area (Å²) in [5, 5.41) is 1.13. The third kappa shape index (κ3) is 3.89. The van der Waals surface area contributed by atoms with Crippen molar-refractivity contribution in [3.63, 3.8) is 0 Å². The van der Waals surface area contributed by atoms with Gasteiger partial charge in [-0.15, -0.1) is 23.7 Å². The van der Waals surface area contributed by atoms with E-state index >= 15 is 0 Å². The molecule has 134 valence electrons. The number of rotatable bonds is 3. The van der Waals surface area contributed by atoms with E-state index in [2.05, 4.69) is 14.9 Å². The van der Waals surface area contributed by atoms with Crippen molar-refractivity contribution in [2.75, 3.05) is 18.8 Å². The largest absolute Gasteiger partial charge is 0.441 e. The quantitative estimate of drug-likeness (QED) is 0.695. The zero-order chi connectivity index (χ0) is 16.7. The first-order valence-corrected chi connectivity index (χ1v) is 8.96. The van der Waals surface area contributed by atoms with E-state index in [1.807, 2.05) is 6.07 Å². The molecule has 0 saturated carbocycles. The molecule has 0 aromatic carbocycles. The van der Waals surface area contributed by atoms with Crippen LogP contribution in [0, 0.1) is 0 Å². The molecule has 1 aliphatic rings. The molecule has 0 spiro atoms. The number of nitrogens with two attached hydrogens (primary N) is 1. The van der Waals surface area contributed by atoms with E-state index in [4.69, 9.17) is 21.8 Å². The fourth-order valence-corrected chi connectivity index (χ4v) is 4.12. The Morgan fingerprint density at radius 3 is 2.76 bits per heavy atom. The molecule has 0 unspecified atom stereocenters. The van der Waals surface area contributed by atoms with Crippen molar-refractivity contribution in [1.82, 2.24) is 14.9 Å². The molecule has 1 aliphatic heterocycles. The highest BCUT2D eigenvalue weighted by molar-refractivity contribution is 7.18. The summed E-state index contributed by atoms with van der Waals surface area (Å²) in [6, 6.07) is 5.39. The van der Waals surface area contributed by atoms with Gasteiger partial charge in [0.2, 0.25) is 0 Å². The highest BCUT2D eigenvalue weighted by Crippen LogP contribution is 2.32. The van der Waals surface area contributed by atoms with Crippen molar-refractivity contribution in [2.45, 2.75) is 25.6 Å². The standard InChI is InChI=1S/C16H16ClFN4OS.ClH/c17-13-2-1-12(23-13)15-20-14(19)11-7-10(24-16(11)21-15)8-22-5-3-9(18)4-6-22;/h1-2,7,9H,3-6,8H2,(H2,19,20,21);1H. The average Bonchev–Trinajstić information content (AvgIpc) is 3.16. The lowest BCUT2D eigenvalue weighted by Crippen LogP contribution is -2.33. The summed E-state index contributed by atoms with van der Waals surface area (Å²) in [7, 11) is 0. The van der Waals surface area contributed by atoms with Gasteiger partial charge in [0.15, 0.2) is 16.8 Å². The smallest absolute Gasteiger partial charge is 0.199 e. The second-order valence-corrected chi connectivity index (χ2v) is 7.41. The van der Waals surface area contributed by atoms with Crippen LogP contribution in [0.3, 0.4) is 0 Å². The van der Waals surface area contributed by atoms with Gasteiger partial charge in [-0.3, -0.25) is 4.90 Å². The topological polar surface area (TPSA) is 68.2 Å². The molecule has 3 aromatic heterocycles. The monoisotopic (exact) mass is 402 g/mol. The number of nitrogens with zero attached hydrogens (tertiary/aromatic N) is 3. The normalized spacial score (nSPS) is 16.2. The third-order valence-electron chi connectivity index (χ3n) is 4.16. The van der Waals surface area contributed by atoms with Crippen LogP contribution in [0.4, 0.5) is 10.2 Å². The maximum absolute atomic E-state index is 13.2. The number of furan rings is 1. The molecule has 2 N–H and O–H groups in total. The van der Waals surface area contributed by atoms with Gasteiger partial charge in [-0.25, -0.2) is 14.4 Å². The fourth-order valence-electron chi connectivity index (χ4n) is 2.90. The minimum atomic E-state index is -0.659. The van der Waals surface area contributed by atoms with Gasteiger partial charge in [0.25, 0.3) is 0 Å². The summed E-state index contributed by atoms with van der Waals surface area (Å²) in [5.74, 6) is 1.35. The predicted molar refractivity (Wildman–Crippen MR) is 101 cm³/mol. The molecule has 0 radical (unpaired) electrons. The molecule has 0 amide bonds. The number of thiophene rings is 1. The summed E-state index contributed by atoms with van der Waals surface area (Å²) in [4.78, 5) is 13.1. The van der Waals surface area contributed by atoms with Gasteiger partial charge in [0.05, 0.1) is 5.39 Å². The molecule has 9 heteroatoms. The van der Waals surface area contributed by atoms with Crippen molar-refractivity contribution < 1.29 is 8.81 Å². The van der Waals surface area contributed by atoms with Gasteiger partial charge < -0.3 is 10.2 Å². The lowest BCUT2D eigenvalue weighted by Gasteiger charge is -2.27. The van der Waals surface area contributed by atoms with Crippen LogP contribution in [0.2, 0.25) is 5.22 Å². The molecule has 0 aliphatic carbocycles. The SMILES string of the molecule is Cl.Nc1nc(-c2ccc(Cl)o2)nc2sc(CN3CCC(F)CC3)cc12. The number of anilines is 1. The number of nitrogen functional groups attached to an aromatic ring is 1. The molecular weight excluding hydrogens is 386 g/mol. The first kappa shape index (κ1) is 18.4. The van der Waals surface area contributed by atoms with Crippen molar-refractivity contribution >= 4 is 51.4 Å². The molecule has 1 saturated heterocycles. The predicted octanol–water partition coefficient (Wildman–Crippen LogP) is 4.54. The Kier molecular flexibility index (Phi) is 5.48. The van der Waals surface area contributed by atoms with Crippen LogP contribution < -0.4 is 5.73 Å². The van der Waals surface area contributed by atoms with Gasteiger partial charge >= 0.3 is 0 Å². The van der Waals surface area contributed by atoms with Gasteiger partial charge in [0, 0.05) is 24.5 Å². The fraction of sp³-hybridized carbons (Fsp3) is 0.375. The molecule has 0 atom stereocenters. The minimum Gasteiger partial charge on any atom is -0.441 e. The highest BCUT2D eigenvalue weighted by atomic mass is 35.5. The van der Waals surface area contributed by atoms with Crippen LogP contribution in [-0.4, -0.2) is 34.1 Å². The molecular formula is C16H17Cl2FN4OS. The zero-order valence-corrected chi connectivity index (χ0v) is 15.6. The zero-order valence-electron chi connectivity index (χ0n) is 13.2. The summed E-state index contributed by atoms with van der Waals surface area (Å²) < 4.78 is 18.6. The molecule has 5 nitrogen and oxygen atoms in total. The first-order chi connectivity index (χ1) is 11.6. The lowest BCUT2D eigenvalue weighted by atomic mass is 10.1. The van der Waals surface area contributed by atoms with Crippen LogP contribution in [0.5, 0.6) is 0 Å². The molecule has 4 heterocycles. The van der Waals surface area contributed by atoms with E-state index in [1.165, 1.54) is 0 Å². The first-order valence-electron chi connectivity index (χ1n) is 7.76. The highest BCUT2D eigenvalue weighted by Gasteiger charge is 2.20. The molecule has 1 fully saturated rings.